The second-order valence-electron chi connectivity index (χ2n) is 5.45. The van der Waals surface area contributed by atoms with Crippen molar-refractivity contribution in [2.45, 2.75) is 44.4 Å². The number of likely N-dealkylation sites (tertiary alicyclic amines) is 1. The van der Waals surface area contributed by atoms with Crippen LogP contribution in [0.1, 0.15) is 38.4 Å². The van der Waals surface area contributed by atoms with E-state index < -0.39 is 29.6 Å². The van der Waals surface area contributed by atoms with Gasteiger partial charge in [-0.2, -0.15) is 0 Å². The van der Waals surface area contributed by atoms with Crippen molar-refractivity contribution in [2.24, 2.45) is 0 Å². The predicted octanol–water partition coefficient (Wildman–Crippen LogP) is 2.18. The van der Waals surface area contributed by atoms with Crippen molar-refractivity contribution < 1.29 is 19.4 Å². The fourth-order valence-electron chi connectivity index (χ4n) is 2.71. The lowest BCUT2D eigenvalue weighted by atomic mass is 10.0. The van der Waals surface area contributed by atoms with Crippen LogP contribution in [0.3, 0.4) is 0 Å². The van der Waals surface area contributed by atoms with Gasteiger partial charge in [0.05, 0.1) is 12.2 Å². The van der Waals surface area contributed by atoms with Crippen molar-refractivity contribution in [2.75, 3.05) is 0 Å². The lowest BCUT2D eigenvalue weighted by Crippen LogP contribution is -2.48. The van der Waals surface area contributed by atoms with Gasteiger partial charge in [0.1, 0.15) is 11.9 Å². The second-order valence-corrected chi connectivity index (χ2v) is 5.45. The topological polar surface area (TPSA) is 73.7 Å². The molecule has 0 aliphatic carbocycles. The Morgan fingerprint density at radius 1 is 1.58 bits per heavy atom. The maximum absolute atomic E-state index is 13.1. The van der Waals surface area contributed by atoms with Crippen LogP contribution in [-0.4, -0.2) is 37.8 Å². The summed E-state index contributed by atoms with van der Waals surface area (Å²) in [6, 6.07) is 0.610. The molecular formula is C13H17FN2O3. The molecule has 6 heteroatoms. The zero-order chi connectivity index (χ0) is 14.2. The Labute approximate surface area is 110 Å². The van der Waals surface area contributed by atoms with Crippen LogP contribution in [0.2, 0.25) is 0 Å². The molecule has 1 aliphatic rings. The minimum absolute atomic E-state index is 0.300. The molecule has 5 nitrogen and oxygen atoms in total. The van der Waals surface area contributed by atoms with E-state index in [-0.39, 0.29) is 0 Å². The Morgan fingerprint density at radius 3 is 2.84 bits per heavy atom. The lowest BCUT2D eigenvalue weighted by molar-refractivity contribution is 0.0359. The van der Waals surface area contributed by atoms with Gasteiger partial charge in [-0.1, -0.05) is 0 Å². The number of carbonyl (C=O) groups is 1. The number of carboxylic acid groups (broad SMARTS) is 1. The molecule has 1 aromatic heterocycles. The third-order valence-electron chi connectivity index (χ3n) is 3.67. The van der Waals surface area contributed by atoms with E-state index in [2.05, 4.69) is 4.98 Å². The number of rotatable bonds is 2. The summed E-state index contributed by atoms with van der Waals surface area (Å²) in [6.45, 7) is 3.63. The molecule has 0 bridgehead atoms. The molecule has 0 spiro atoms. The molecular weight excluding hydrogens is 251 g/mol. The third-order valence-corrected chi connectivity index (χ3v) is 3.67. The van der Waals surface area contributed by atoms with E-state index in [9.17, 15) is 19.4 Å². The highest BCUT2D eigenvalue weighted by atomic mass is 19.1. The predicted molar refractivity (Wildman–Crippen MR) is 66.1 cm³/mol. The number of aromatic nitrogens is 1. The number of nitrogens with zero attached hydrogens (tertiary/aromatic N) is 2. The molecule has 2 atom stereocenters. The zero-order valence-electron chi connectivity index (χ0n) is 10.9. The van der Waals surface area contributed by atoms with Crippen LogP contribution in [0.5, 0.6) is 0 Å². The van der Waals surface area contributed by atoms with Gasteiger partial charge in [-0.25, -0.2) is 9.18 Å². The van der Waals surface area contributed by atoms with Crippen molar-refractivity contribution >= 4 is 6.09 Å². The standard InChI is InChI=1S/C13H17FN2O3/c1-13(2)4-3-10(16(13)12(18)19)11(17)8-5-9(14)7-15-6-8/h5-7,10-11,17H,3-4H2,1-2H3,(H,18,19)/t10?,11-/m1/s1. The van der Waals surface area contributed by atoms with Crippen LogP contribution < -0.4 is 0 Å². The van der Waals surface area contributed by atoms with Gasteiger partial charge in [-0.05, 0) is 32.8 Å². The maximum atomic E-state index is 13.1. The first-order valence-corrected chi connectivity index (χ1v) is 6.14. The van der Waals surface area contributed by atoms with Crippen molar-refractivity contribution in [3.63, 3.8) is 0 Å². The molecule has 2 heterocycles. The molecule has 1 aliphatic heterocycles. The van der Waals surface area contributed by atoms with Gasteiger partial charge in [0.2, 0.25) is 0 Å². The van der Waals surface area contributed by atoms with Gasteiger partial charge in [-0.15, -0.1) is 0 Å². The highest BCUT2D eigenvalue weighted by Crippen LogP contribution is 2.39. The quantitative estimate of drug-likeness (QED) is 0.862. The maximum Gasteiger partial charge on any atom is 0.408 e. The van der Waals surface area contributed by atoms with E-state index in [1.165, 1.54) is 17.2 Å². The third kappa shape index (κ3) is 2.53. The van der Waals surface area contributed by atoms with Crippen molar-refractivity contribution in [3.8, 4) is 0 Å². The Hall–Kier alpha value is -1.69. The molecule has 0 radical (unpaired) electrons. The van der Waals surface area contributed by atoms with E-state index in [4.69, 9.17) is 0 Å². The summed E-state index contributed by atoms with van der Waals surface area (Å²) < 4.78 is 13.1. The summed E-state index contributed by atoms with van der Waals surface area (Å²) in [5, 5.41) is 19.6. The fourth-order valence-corrected chi connectivity index (χ4v) is 2.71. The summed E-state index contributed by atoms with van der Waals surface area (Å²) in [6.07, 6.45) is 1.46. The summed E-state index contributed by atoms with van der Waals surface area (Å²) in [5.74, 6) is -0.546. The minimum atomic E-state index is -1.07. The summed E-state index contributed by atoms with van der Waals surface area (Å²) in [4.78, 5) is 16.3. The van der Waals surface area contributed by atoms with E-state index in [1.807, 2.05) is 13.8 Å². The molecule has 1 unspecified atom stereocenters. The number of halogens is 1. The number of aliphatic hydroxyl groups is 1. The van der Waals surface area contributed by atoms with Crippen LogP contribution >= 0.6 is 0 Å². The molecule has 104 valence electrons. The van der Waals surface area contributed by atoms with Gasteiger partial charge in [-0.3, -0.25) is 9.88 Å². The van der Waals surface area contributed by atoms with E-state index in [0.717, 1.165) is 6.20 Å². The summed E-state index contributed by atoms with van der Waals surface area (Å²) >= 11 is 0. The van der Waals surface area contributed by atoms with Crippen LogP contribution in [0.15, 0.2) is 18.5 Å². The average molecular weight is 268 g/mol. The molecule has 2 N–H and O–H groups in total. The van der Waals surface area contributed by atoms with Crippen LogP contribution in [0.25, 0.3) is 0 Å². The van der Waals surface area contributed by atoms with Gasteiger partial charge in [0, 0.05) is 17.3 Å². The number of pyridine rings is 1. The lowest BCUT2D eigenvalue weighted by Gasteiger charge is -2.35. The normalized spacial score (nSPS) is 23.4. The molecule has 1 saturated heterocycles. The Bertz CT molecular complexity index is 493. The van der Waals surface area contributed by atoms with Gasteiger partial charge < -0.3 is 10.2 Å². The van der Waals surface area contributed by atoms with Crippen LogP contribution in [0.4, 0.5) is 9.18 Å². The number of amides is 1. The van der Waals surface area contributed by atoms with E-state index >= 15 is 0 Å². The summed E-state index contributed by atoms with van der Waals surface area (Å²) in [7, 11) is 0. The van der Waals surface area contributed by atoms with Gasteiger partial charge in [0.15, 0.2) is 0 Å². The van der Waals surface area contributed by atoms with Crippen molar-refractivity contribution in [1.82, 2.24) is 9.88 Å². The van der Waals surface area contributed by atoms with E-state index in [0.29, 0.717) is 18.4 Å². The first-order chi connectivity index (χ1) is 8.83. The van der Waals surface area contributed by atoms with Gasteiger partial charge >= 0.3 is 6.09 Å². The number of hydrogen-bond acceptors (Lipinski definition) is 3. The average Bonchev–Trinajstić information content (AvgIpc) is 2.64. The monoisotopic (exact) mass is 268 g/mol. The number of aliphatic hydroxyl groups excluding tert-OH is 1. The molecule has 1 aromatic rings. The zero-order valence-corrected chi connectivity index (χ0v) is 10.9. The fraction of sp³-hybridized carbons (Fsp3) is 0.538. The molecule has 0 saturated carbocycles. The highest BCUT2D eigenvalue weighted by molar-refractivity contribution is 5.67. The van der Waals surface area contributed by atoms with Crippen molar-refractivity contribution in [1.29, 1.82) is 0 Å². The smallest absolute Gasteiger partial charge is 0.408 e. The van der Waals surface area contributed by atoms with E-state index in [1.54, 1.807) is 0 Å². The van der Waals surface area contributed by atoms with Crippen LogP contribution in [0, 0.1) is 5.82 Å². The SMILES string of the molecule is CC1(C)CCC([C@H](O)c2cncc(F)c2)N1C(=O)O. The Morgan fingerprint density at radius 2 is 2.26 bits per heavy atom. The largest absolute Gasteiger partial charge is 0.465 e. The Balaban J connectivity index is 2.28. The first-order valence-electron chi connectivity index (χ1n) is 6.14. The number of hydrogen-bond donors (Lipinski definition) is 2. The molecule has 1 fully saturated rings. The Kier molecular flexibility index (Phi) is 3.45. The first kappa shape index (κ1) is 13.7. The molecule has 19 heavy (non-hydrogen) atoms. The highest BCUT2D eigenvalue weighted by Gasteiger charge is 2.45. The summed E-state index contributed by atoms with van der Waals surface area (Å²) in [5.41, 5.74) is -0.230. The van der Waals surface area contributed by atoms with Crippen LogP contribution in [-0.2, 0) is 0 Å². The molecule has 2 rings (SSSR count). The molecule has 0 aromatic carbocycles. The minimum Gasteiger partial charge on any atom is -0.465 e. The van der Waals surface area contributed by atoms with Gasteiger partial charge in [0.25, 0.3) is 0 Å². The second kappa shape index (κ2) is 4.77. The van der Waals surface area contributed by atoms with Crippen molar-refractivity contribution in [3.05, 3.63) is 29.8 Å². The molecule has 1 amide bonds.